The molecule has 170 valence electrons. The first-order valence-electron chi connectivity index (χ1n) is 11.2. The molecule has 5 rings (SSSR count). The molecule has 1 saturated heterocycles. The lowest BCUT2D eigenvalue weighted by atomic mass is 9.77. The molecule has 2 aromatic rings. The number of piperidine rings is 1. The fraction of sp³-hybridized carbons (Fsp3) is 0.360. The zero-order valence-corrected chi connectivity index (χ0v) is 18.0. The zero-order chi connectivity index (χ0) is 23.1. The van der Waals surface area contributed by atoms with Gasteiger partial charge in [0.1, 0.15) is 11.9 Å². The van der Waals surface area contributed by atoms with E-state index in [1.807, 2.05) is 0 Å². The summed E-state index contributed by atoms with van der Waals surface area (Å²) in [6, 6.07) is 10.2. The summed E-state index contributed by atoms with van der Waals surface area (Å²) in [6.45, 7) is 0.214. The van der Waals surface area contributed by atoms with Gasteiger partial charge in [-0.15, -0.1) is 0 Å². The van der Waals surface area contributed by atoms with Crippen molar-refractivity contribution in [3.8, 4) is 0 Å². The van der Waals surface area contributed by atoms with E-state index < -0.39 is 11.9 Å². The fourth-order valence-electron chi connectivity index (χ4n) is 4.86. The third-order valence-corrected chi connectivity index (χ3v) is 6.92. The van der Waals surface area contributed by atoms with Gasteiger partial charge in [0.25, 0.3) is 11.8 Å². The monoisotopic (exact) mass is 449 g/mol. The maximum absolute atomic E-state index is 13.4. The van der Waals surface area contributed by atoms with Crippen molar-refractivity contribution in [2.45, 2.75) is 50.7 Å². The number of rotatable bonds is 5. The Morgan fingerprint density at radius 1 is 1.06 bits per heavy atom. The van der Waals surface area contributed by atoms with Crippen molar-refractivity contribution in [3.63, 3.8) is 0 Å². The van der Waals surface area contributed by atoms with Crippen LogP contribution in [-0.4, -0.2) is 34.6 Å². The molecule has 0 radical (unpaired) electrons. The second-order valence-corrected chi connectivity index (χ2v) is 8.97. The molecule has 3 aliphatic rings. The first kappa shape index (κ1) is 21.3. The van der Waals surface area contributed by atoms with Crippen LogP contribution in [0.15, 0.2) is 42.5 Å². The van der Waals surface area contributed by atoms with E-state index in [0.717, 1.165) is 24.8 Å². The van der Waals surface area contributed by atoms with Gasteiger partial charge in [-0.05, 0) is 66.6 Å². The molecule has 2 aromatic carbocycles. The SMILES string of the molecule is O=C1CCC(N2Cc3cc(C(=O)N[C@H](c4ccc(F)cc4)C4CCC4)ccc3C2=O)C(=O)N1. The molecule has 8 heteroatoms. The maximum Gasteiger partial charge on any atom is 0.255 e. The van der Waals surface area contributed by atoms with E-state index in [1.54, 1.807) is 30.3 Å². The molecule has 2 aliphatic heterocycles. The van der Waals surface area contributed by atoms with Crippen LogP contribution in [0, 0.1) is 11.7 Å². The van der Waals surface area contributed by atoms with Gasteiger partial charge >= 0.3 is 0 Å². The zero-order valence-electron chi connectivity index (χ0n) is 18.0. The highest BCUT2D eigenvalue weighted by Crippen LogP contribution is 2.38. The summed E-state index contributed by atoms with van der Waals surface area (Å²) in [6.07, 6.45) is 3.59. The van der Waals surface area contributed by atoms with Crippen molar-refractivity contribution < 1.29 is 23.6 Å². The minimum Gasteiger partial charge on any atom is -0.345 e. The van der Waals surface area contributed by atoms with Gasteiger partial charge in [0.2, 0.25) is 11.8 Å². The molecule has 2 N–H and O–H groups in total. The molecule has 33 heavy (non-hydrogen) atoms. The summed E-state index contributed by atoms with van der Waals surface area (Å²) in [5, 5.41) is 5.38. The number of carbonyl (C=O) groups excluding carboxylic acids is 4. The number of amides is 4. The molecule has 7 nitrogen and oxygen atoms in total. The molecule has 2 atom stereocenters. The maximum atomic E-state index is 13.4. The lowest BCUT2D eigenvalue weighted by Gasteiger charge is -2.34. The van der Waals surface area contributed by atoms with Crippen LogP contribution < -0.4 is 10.6 Å². The molecule has 2 heterocycles. The predicted molar refractivity (Wildman–Crippen MR) is 116 cm³/mol. The summed E-state index contributed by atoms with van der Waals surface area (Å²) < 4.78 is 13.4. The third kappa shape index (κ3) is 4.01. The highest BCUT2D eigenvalue weighted by Gasteiger charge is 2.39. The van der Waals surface area contributed by atoms with Crippen molar-refractivity contribution in [1.82, 2.24) is 15.5 Å². The first-order valence-corrected chi connectivity index (χ1v) is 11.2. The van der Waals surface area contributed by atoms with Crippen LogP contribution in [0.3, 0.4) is 0 Å². The van der Waals surface area contributed by atoms with E-state index in [-0.39, 0.29) is 42.5 Å². The molecule has 0 bridgehead atoms. The normalized spacial score (nSPS) is 21.3. The fourth-order valence-corrected chi connectivity index (χ4v) is 4.86. The number of halogens is 1. The summed E-state index contributed by atoms with van der Waals surface area (Å²) >= 11 is 0. The Morgan fingerprint density at radius 2 is 1.82 bits per heavy atom. The Hall–Kier alpha value is -3.55. The smallest absolute Gasteiger partial charge is 0.255 e. The summed E-state index contributed by atoms with van der Waals surface area (Å²) in [7, 11) is 0. The number of fused-ring (bicyclic) bond motifs is 1. The summed E-state index contributed by atoms with van der Waals surface area (Å²) in [4.78, 5) is 51.1. The molecule has 2 fully saturated rings. The highest BCUT2D eigenvalue weighted by molar-refractivity contribution is 6.06. The lowest BCUT2D eigenvalue weighted by molar-refractivity contribution is -0.136. The summed E-state index contributed by atoms with van der Waals surface area (Å²) in [5.74, 6) is -1.34. The molecule has 0 spiro atoms. The van der Waals surface area contributed by atoms with Gasteiger partial charge in [0, 0.05) is 24.1 Å². The molecule has 1 unspecified atom stereocenters. The second-order valence-electron chi connectivity index (χ2n) is 8.97. The van der Waals surface area contributed by atoms with Crippen molar-refractivity contribution in [2.24, 2.45) is 5.92 Å². The average Bonchev–Trinajstić information content (AvgIpc) is 3.08. The van der Waals surface area contributed by atoms with Crippen molar-refractivity contribution in [2.75, 3.05) is 0 Å². The van der Waals surface area contributed by atoms with Gasteiger partial charge in [-0.25, -0.2) is 4.39 Å². The first-order chi connectivity index (χ1) is 15.9. The van der Waals surface area contributed by atoms with Crippen LogP contribution in [0.1, 0.15) is 70.0 Å². The van der Waals surface area contributed by atoms with E-state index in [9.17, 15) is 23.6 Å². The molecule has 0 aromatic heterocycles. The number of hydrogen-bond acceptors (Lipinski definition) is 4. The van der Waals surface area contributed by atoms with Crippen molar-refractivity contribution >= 4 is 23.6 Å². The standard InChI is InChI=1S/C25H24FN3O4/c26-18-7-4-15(5-8-18)22(14-2-1-3-14)28-23(31)16-6-9-19-17(12-16)13-29(25(19)33)20-10-11-21(30)27-24(20)32/h4-9,12,14,20,22H,1-3,10-11,13H2,(H,28,31)(H,27,30,32)/t20?,22-/m0/s1. The van der Waals surface area contributed by atoms with Crippen LogP contribution >= 0.6 is 0 Å². The van der Waals surface area contributed by atoms with E-state index in [1.165, 1.54) is 17.0 Å². The Kier molecular flexibility index (Phi) is 5.44. The van der Waals surface area contributed by atoms with Crippen LogP contribution in [0.25, 0.3) is 0 Å². The minimum atomic E-state index is -0.693. The predicted octanol–water partition coefficient (Wildman–Crippen LogP) is 2.86. The minimum absolute atomic E-state index is 0.191. The van der Waals surface area contributed by atoms with Gasteiger partial charge in [-0.1, -0.05) is 18.6 Å². The van der Waals surface area contributed by atoms with Gasteiger partial charge in [-0.3, -0.25) is 24.5 Å². The van der Waals surface area contributed by atoms with E-state index >= 15 is 0 Å². The van der Waals surface area contributed by atoms with Gasteiger partial charge in [-0.2, -0.15) is 0 Å². The van der Waals surface area contributed by atoms with Crippen LogP contribution in [0.5, 0.6) is 0 Å². The number of nitrogens with one attached hydrogen (secondary N) is 2. The topological polar surface area (TPSA) is 95.6 Å². The van der Waals surface area contributed by atoms with Crippen LogP contribution in [0.2, 0.25) is 0 Å². The molecule has 4 amide bonds. The highest BCUT2D eigenvalue weighted by atomic mass is 19.1. The van der Waals surface area contributed by atoms with Crippen molar-refractivity contribution in [1.29, 1.82) is 0 Å². The molecular weight excluding hydrogens is 425 g/mol. The number of hydrogen-bond donors (Lipinski definition) is 2. The summed E-state index contributed by atoms with van der Waals surface area (Å²) in [5.41, 5.74) is 2.44. The Bertz CT molecular complexity index is 1140. The molecule has 1 aliphatic carbocycles. The van der Waals surface area contributed by atoms with Crippen LogP contribution in [0.4, 0.5) is 4.39 Å². The largest absolute Gasteiger partial charge is 0.345 e. The third-order valence-electron chi connectivity index (χ3n) is 6.92. The Balaban J connectivity index is 1.34. The van der Waals surface area contributed by atoms with Gasteiger partial charge in [0.05, 0.1) is 6.04 Å². The quantitative estimate of drug-likeness (QED) is 0.687. The van der Waals surface area contributed by atoms with Gasteiger partial charge < -0.3 is 10.2 Å². The van der Waals surface area contributed by atoms with E-state index in [2.05, 4.69) is 10.6 Å². The second kappa shape index (κ2) is 8.42. The average molecular weight is 449 g/mol. The van der Waals surface area contributed by atoms with E-state index in [0.29, 0.717) is 29.0 Å². The molecule has 1 saturated carbocycles. The number of nitrogens with zero attached hydrogens (tertiary/aromatic N) is 1. The van der Waals surface area contributed by atoms with E-state index in [4.69, 9.17) is 0 Å². The number of imide groups is 1. The van der Waals surface area contributed by atoms with Crippen LogP contribution in [-0.2, 0) is 16.1 Å². The Morgan fingerprint density at radius 3 is 2.48 bits per heavy atom. The molecular formula is C25H24FN3O4. The Labute approximate surface area is 190 Å². The van der Waals surface area contributed by atoms with Crippen molar-refractivity contribution in [3.05, 3.63) is 70.5 Å². The lowest BCUT2D eigenvalue weighted by Crippen LogP contribution is -2.52. The van der Waals surface area contributed by atoms with Gasteiger partial charge in [0.15, 0.2) is 0 Å². The number of benzene rings is 2. The number of carbonyl (C=O) groups is 4.